The fraction of sp³-hybridized carbons (Fsp3) is 0.429. The Labute approximate surface area is 238 Å². The van der Waals surface area contributed by atoms with Gasteiger partial charge in [0.25, 0.3) is 5.91 Å². The molecule has 1 saturated carbocycles. The Balaban J connectivity index is 1.20. The van der Waals surface area contributed by atoms with Gasteiger partial charge in [0.05, 0.1) is 53.0 Å². The number of nitrogens with one attached hydrogen (secondary N) is 1. The summed E-state index contributed by atoms with van der Waals surface area (Å²) in [5.74, 6) is -2.89. The van der Waals surface area contributed by atoms with Gasteiger partial charge in [0, 0.05) is 11.8 Å². The number of halogens is 3. The number of carbonyl (C=O) groups excluding carboxylic acids is 2. The van der Waals surface area contributed by atoms with E-state index in [2.05, 4.69) is 9.69 Å². The summed E-state index contributed by atoms with van der Waals surface area (Å²) in [6, 6.07) is 9.11. The third-order valence-electron chi connectivity index (χ3n) is 7.55. The van der Waals surface area contributed by atoms with Crippen molar-refractivity contribution in [3.8, 4) is 0 Å². The average Bonchev–Trinajstić information content (AvgIpc) is 3.54. The van der Waals surface area contributed by atoms with Crippen LogP contribution in [0.15, 0.2) is 36.4 Å². The fourth-order valence-corrected chi connectivity index (χ4v) is 6.37. The molecule has 1 aliphatic carbocycles. The molecule has 2 amide bonds. The van der Waals surface area contributed by atoms with Crippen molar-refractivity contribution in [1.82, 2.24) is 9.27 Å². The van der Waals surface area contributed by atoms with Crippen molar-refractivity contribution in [3.05, 3.63) is 58.5 Å². The minimum atomic E-state index is -1.21. The zero-order chi connectivity index (χ0) is 28.4. The number of likely N-dealkylation sites (tertiary alicyclic amines) is 1. The molecule has 8 nitrogen and oxygen atoms in total. The first-order valence-corrected chi connectivity index (χ1v) is 14.3. The van der Waals surface area contributed by atoms with Gasteiger partial charge < -0.3 is 20.1 Å². The van der Waals surface area contributed by atoms with Crippen LogP contribution in [0.4, 0.5) is 14.5 Å². The molecule has 5 rings (SSSR count). The summed E-state index contributed by atoms with van der Waals surface area (Å²) in [4.78, 5) is 38.4. The lowest BCUT2D eigenvalue weighted by Gasteiger charge is -2.30. The molecule has 0 bridgehead atoms. The predicted octanol–water partition coefficient (Wildman–Crippen LogP) is 5.48. The van der Waals surface area contributed by atoms with Gasteiger partial charge in [-0.2, -0.15) is 4.37 Å². The van der Waals surface area contributed by atoms with E-state index < -0.39 is 35.8 Å². The van der Waals surface area contributed by atoms with Crippen LogP contribution in [0.2, 0.25) is 5.02 Å². The zero-order valence-electron chi connectivity index (χ0n) is 21.4. The Morgan fingerprint density at radius 3 is 2.67 bits per heavy atom. The molecular formula is C28H28ClF2N3O5S. The van der Waals surface area contributed by atoms with Gasteiger partial charge >= 0.3 is 5.97 Å². The molecule has 2 aliphatic rings. The van der Waals surface area contributed by atoms with Crippen molar-refractivity contribution in [2.75, 3.05) is 18.5 Å². The quantitative estimate of drug-likeness (QED) is 0.359. The molecule has 1 saturated heterocycles. The van der Waals surface area contributed by atoms with Crippen LogP contribution in [0, 0.1) is 11.7 Å². The second kappa shape index (κ2) is 12.2. The number of benzene rings is 2. The SMILES string of the molecule is O=C(Nc1cc(F)c(CC(=O)N2C[C@@H](F)C[C@H]2CO[C@H]2CC[C@H](C(=O)O)CC2)cc1Cl)c1nsc2ccccc12. The minimum absolute atomic E-state index is 0.0288. The summed E-state index contributed by atoms with van der Waals surface area (Å²) < 4.78 is 40.3. The Kier molecular flexibility index (Phi) is 8.62. The van der Waals surface area contributed by atoms with Crippen LogP contribution in [0.1, 0.15) is 48.2 Å². The molecule has 0 spiro atoms. The summed E-state index contributed by atoms with van der Waals surface area (Å²) in [6.45, 7) is 0.0256. The molecule has 3 aromatic rings. The Morgan fingerprint density at radius 1 is 1.18 bits per heavy atom. The predicted molar refractivity (Wildman–Crippen MR) is 147 cm³/mol. The Morgan fingerprint density at radius 2 is 1.93 bits per heavy atom. The number of hydrogen-bond acceptors (Lipinski definition) is 6. The number of alkyl halides is 1. The highest BCUT2D eigenvalue weighted by Gasteiger charge is 2.36. The number of ether oxygens (including phenoxy) is 1. The molecule has 2 heterocycles. The van der Waals surface area contributed by atoms with Gasteiger partial charge in [-0.25, -0.2) is 8.78 Å². The van der Waals surface area contributed by atoms with Gasteiger partial charge in [-0.15, -0.1) is 0 Å². The van der Waals surface area contributed by atoms with Gasteiger partial charge in [-0.3, -0.25) is 14.4 Å². The van der Waals surface area contributed by atoms with Crippen molar-refractivity contribution in [1.29, 1.82) is 0 Å². The van der Waals surface area contributed by atoms with Crippen LogP contribution in [-0.2, 0) is 20.7 Å². The summed E-state index contributed by atoms with van der Waals surface area (Å²) in [5.41, 5.74) is 0.279. The molecular weight excluding hydrogens is 564 g/mol. The zero-order valence-corrected chi connectivity index (χ0v) is 23.0. The number of aliphatic carboxylic acids is 1. The van der Waals surface area contributed by atoms with E-state index in [1.807, 2.05) is 12.1 Å². The van der Waals surface area contributed by atoms with Crippen LogP contribution in [-0.4, -0.2) is 63.6 Å². The lowest BCUT2D eigenvalue weighted by Crippen LogP contribution is -2.40. The Hall–Kier alpha value is -3.15. The van der Waals surface area contributed by atoms with Crippen molar-refractivity contribution >= 4 is 56.7 Å². The summed E-state index contributed by atoms with van der Waals surface area (Å²) in [7, 11) is 0. The van der Waals surface area contributed by atoms with Crippen molar-refractivity contribution in [3.63, 3.8) is 0 Å². The van der Waals surface area contributed by atoms with E-state index >= 15 is 4.39 Å². The molecule has 12 heteroatoms. The van der Waals surface area contributed by atoms with Crippen molar-refractivity contribution in [2.24, 2.45) is 5.92 Å². The largest absolute Gasteiger partial charge is 0.481 e. The van der Waals surface area contributed by atoms with Crippen LogP contribution >= 0.6 is 23.1 Å². The standard InChI is InChI=1S/C28H28ClF2N3O5S/c29-21-9-16(22(31)12-23(21)32-27(36)26-20-3-1-2-4-24(20)40-33-26)10-25(35)34-13-17(30)11-18(34)14-39-19-7-5-15(6-8-19)28(37)38/h1-4,9,12,15,17-19H,5-8,10-11,13-14H2,(H,32,36)(H,37,38)/t15-,17-,18-,19-/m0/s1. The maximum atomic E-state index is 15.0. The van der Waals surface area contributed by atoms with Crippen LogP contribution in [0.5, 0.6) is 0 Å². The molecule has 2 fully saturated rings. The van der Waals surface area contributed by atoms with Crippen LogP contribution in [0.25, 0.3) is 10.1 Å². The number of carboxylic acids is 1. The number of amides is 2. The number of hydrogen-bond donors (Lipinski definition) is 2. The van der Waals surface area contributed by atoms with E-state index in [0.717, 1.165) is 10.8 Å². The summed E-state index contributed by atoms with van der Waals surface area (Å²) >= 11 is 7.52. The molecule has 1 aromatic heterocycles. The number of anilines is 1. The smallest absolute Gasteiger partial charge is 0.306 e. The van der Waals surface area contributed by atoms with Gasteiger partial charge in [-0.1, -0.05) is 29.8 Å². The van der Waals surface area contributed by atoms with E-state index in [9.17, 15) is 18.8 Å². The molecule has 0 radical (unpaired) electrons. The van der Waals surface area contributed by atoms with Gasteiger partial charge in [0.1, 0.15) is 17.7 Å². The van der Waals surface area contributed by atoms with Gasteiger partial charge in [-0.05, 0) is 61.0 Å². The van der Waals surface area contributed by atoms with Crippen molar-refractivity contribution < 1.29 is 33.0 Å². The monoisotopic (exact) mass is 591 g/mol. The number of fused-ring (bicyclic) bond motifs is 1. The highest BCUT2D eigenvalue weighted by molar-refractivity contribution is 7.13. The van der Waals surface area contributed by atoms with Crippen molar-refractivity contribution in [2.45, 2.75) is 56.8 Å². The molecule has 2 atom stereocenters. The maximum Gasteiger partial charge on any atom is 0.306 e. The fourth-order valence-electron chi connectivity index (χ4n) is 5.36. The normalized spacial score (nSPS) is 22.9. The second-order valence-electron chi connectivity index (χ2n) is 10.3. The second-order valence-corrected chi connectivity index (χ2v) is 11.5. The molecule has 212 valence electrons. The minimum Gasteiger partial charge on any atom is -0.481 e. The highest BCUT2D eigenvalue weighted by Crippen LogP contribution is 2.31. The van der Waals surface area contributed by atoms with Crippen LogP contribution < -0.4 is 5.32 Å². The third-order valence-corrected chi connectivity index (χ3v) is 8.69. The number of rotatable bonds is 8. The number of aromatic nitrogens is 1. The topological polar surface area (TPSA) is 109 Å². The van der Waals surface area contributed by atoms with Gasteiger partial charge in [0.2, 0.25) is 5.91 Å². The molecule has 1 aliphatic heterocycles. The number of carbonyl (C=O) groups is 3. The first-order valence-electron chi connectivity index (χ1n) is 13.1. The van der Waals surface area contributed by atoms with E-state index in [0.29, 0.717) is 31.1 Å². The molecule has 2 aromatic carbocycles. The highest BCUT2D eigenvalue weighted by atomic mass is 35.5. The van der Waals surface area contributed by atoms with E-state index in [1.54, 1.807) is 12.1 Å². The summed E-state index contributed by atoms with van der Waals surface area (Å²) in [5, 5.41) is 12.5. The van der Waals surface area contributed by atoms with Crippen LogP contribution in [0.3, 0.4) is 0 Å². The first kappa shape index (κ1) is 28.4. The lowest BCUT2D eigenvalue weighted by molar-refractivity contribution is -0.144. The van der Waals surface area contributed by atoms with Gasteiger partial charge in [0.15, 0.2) is 0 Å². The maximum absolute atomic E-state index is 15.0. The molecule has 0 unspecified atom stereocenters. The molecule has 2 N–H and O–H groups in total. The average molecular weight is 592 g/mol. The lowest BCUT2D eigenvalue weighted by atomic mass is 9.87. The molecule has 40 heavy (non-hydrogen) atoms. The number of carboxylic acid groups (broad SMARTS) is 1. The Bertz CT molecular complexity index is 1430. The third kappa shape index (κ3) is 6.26. The summed E-state index contributed by atoms with van der Waals surface area (Å²) in [6.07, 6.45) is 0.690. The first-order chi connectivity index (χ1) is 19.2. The van der Waals surface area contributed by atoms with E-state index in [4.69, 9.17) is 21.4 Å². The van der Waals surface area contributed by atoms with E-state index in [1.165, 1.54) is 22.5 Å². The van der Waals surface area contributed by atoms with E-state index in [-0.39, 0.29) is 60.0 Å². The number of nitrogens with zero attached hydrogens (tertiary/aromatic N) is 2.